The van der Waals surface area contributed by atoms with E-state index in [4.69, 9.17) is 0 Å². The minimum atomic E-state index is -0.814. The minimum absolute atomic E-state index is 0.410. The number of hydrogen-bond acceptors (Lipinski definition) is 1. The van der Waals surface area contributed by atoms with Gasteiger partial charge < -0.3 is 5.32 Å². The molecule has 1 N–H and O–H groups in total. The van der Waals surface area contributed by atoms with Crippen LogP contribution in [0.15, 0.2) is 42.5 Å². The van der Waals surface area contributed by atoms with E-state index in [1.54, 1.807) is 7.05 Å². The first kappa shape index (κ1) is 11.1. The van der Waals surface area contributed by atoms with E-state index >= 15 is 0 Å². The number of benzene rings is 2. The van der Waals surface area contributed by atoms with Gasteiger partial charge in [-0.3, -0.25) is 0 Å². The Morgan fingerprint density at radius 1 is 1.12 bits per heavy atom. The maximum absolute atomic E-state index is 13.4. The third-order valence-electron chi connectivity index (χ3n) is 2.70. The molecule has 0 saturated heterocycles. The highest BCUT2D eigenvalue weighted by molar-refractivity contribution is 5.82. The van der Waals surface area contributed by atoms with Crippen molar-refractivity contribution in [2.75, 3.05) is 13.6 Å². The van der Waals surface area contributed by atoms with Gasteiger partial charge in [0.2, 0.25) is 0 Å². The second-order valence-corrected chi connectivity index (χ2v) is 4.04. The fourth-order valence-electron chi connectivity index (χ4n) is 1.92. The number of alkyl halides is 1. The summed E-state index contributed by atoms with van der Waals surface area (Å²) in [5.74, 6) is 0. The van der Waals surface area contributed by atoms with Crippen molar-refractivity contribution < 1.29 is 4.39 Å². The summed E-state index contributed by atoms with van der Waals surface area (Å²) in [6.07, 6.45) is -0.336. The number of hydrogen-bond donors (Lipinski definition) is 1. The van der Waals surface area contributed by atoms with Gasteiger partial charge in [-0.1, -0.05) is 42.5 Å². The van der Waals surface area contributed by atoms with E-state index < -0.39 is 6.17 Å². The lowest BCUT2D eigenvalue weighted by atomic mass is 10.0. The van der Waals surface area contributed by atoms with Crippen molar-refractivity contribution in [3.05, 3.63) is 48.0 Å². The lowest BCUT2D eigenvalue weighted by Crippen LogP contribution is -2.21. The lowest BCUT2D eigenvalue weighted by molar-refractivity contribution is 0.324. The minimum Gasteiger partial charge on any atom is -0.317 e. The van der Waals surface area contributed by atoms with Crippen molar-refractivity contribution in [3.63, 3.8) is 0 Å². The van der Waals surface area contributed by atoms with E-state index in [9.17, 15) is 4.39 Å². The van der Waals surface area contributed by atoms with Crippen molar-refractivity contribution in [1.29, 1.82) is 0 Å². The molecular formula is C14H16FN. The summed E-state index contributed by atoms with van der Waals surface area (Å²) in [5, 5.41) is 5.23. The van der Waals surface area contributed by atoms with Crippen molar-refractivity contribution in [2.24, 2.45) is 0 Å². The molecule has 0 bridgehead atoms. The largest absolute Gasteiger partial charge is 0.317 e. The highest BCUT2D eigenvalue weighted by atomic mass is 19.1. The molecule has 2 rings (SSSR count). The van der Waals surface area contributed by atoms with Crippen LogP contribution in [0.4, 0.5) is 4.39 Å². The lowest BCUT2D eigenvalue weighted by Gasteiger charge is -2.08. The van der Waals surface area contributed by atoms with Gasteiger partial charge in [-0.2, -0.15) is 0 Å². The molecular weight excluding hydrogens is 201 g/mol. The molecule has 1 unspecified atom stereocenters. The van der Waals surface area contributed by atoms with E-state index in [1.807, 2.05) is 18.2 Å². The van der Waals surface area contributed by atoms with E-state index in [-0.39, 0.29) is 0 Å². The van der Waals surface area contributed by atoms with Crippen LogP contribution in [-0.4, -0.2) is 19.8 Å². The van der Waals surface area contributed by atoms with E-state index in [2.05, 4.69) is 29.6 Å². The third kappa shape index (κ3) is 2.58. The number of nitrogens with one attached hydrogen (secondary N) is 1. The fourth-order valence-corrected chi connectivity index (χ4v) is 1.92. The molecule has 0 fully saturated rings. The van der Waals surface area contributed by atoms with Crippen molar-refractivity contribution in [3.8, 4) is 0 Å². The third-order valence-corrected chi connectivity index (χ3v) is 2.70. The van der Waals surface area contributed by atoms with Gasteiger partial charge in [-0.15, -0.1) is 0 Å². The van der Waals surface area contributed by atoms with Gasteiger partial charge in [-0.05, 0) is 23.4 Å². The molecule has 2 aromatic rings. The highest BCUT2D eigenvalue weighted by Crippen LogP contribution is 2.17. The summed E-state index contributed by atoms with van der Waals surface area (Å²) in [6.45, 7) is 0.410. The zero-order valence-electron chi connectivity index (χ0n) is 9.41. The molecule has 16 heavy (non-hydrogen) atoms. The average molecular weight is 217 g/mol. The molecule has 1 nitrogen and oxygen atoms in total. The molecule has 2 aromatic carbocycles. The summed E-state index contributed by atoms with van der Waals surface area (Å²) in [5.41, 5.74) is 1.06. The zero-order valence-corrected chi connectivity index (χ0v) is 9.41. The van der Waals surface area contributed by atoms with Crippen LogP contribution in [0.1, 0.15) is 5.56 Å². The van der Waals surface area contributed by atoms with Crippen molar-refractivity contribution in [2.45, 2.75) is 12.6 Å². The van der Waals surface area contributed by atoms with Crippen molar-refractivity contribution >= 4 is 10.8 Å². The maximum Gasteiger partial charge on any atom is 0.116 e. The first-order valence-electron chi connectivity index (χ1n) is 5.56. The summed E-state index contributed by atoms with van der Waals surface area (Å²) >= 11 is 0. The molecule has 84 valence electrons. The SMILES string of the molecule is CNCC(F)Cc1ccc2ccccc2c1. The Balaban J connectivity index is 2.19. The average Bonchev–Trinajstić information content (AvgIpc) is 2.29. The van der Waals surface area contributed by atoms with Crippen LogP contribution in [0.5, 0.6) is 0 Å². The maximum atomic E-state index is 13.4. The predicted molar refractivity (Wildman–Crippen MR) is 66.5 cm³/mol. The summed E-state index contributed by atoms with van der Waals surface area (Å²) in [4.78, 5) is 0. The molecule has 1 atom stereocenters. The molecule has 0 aliphatic rings. The van der Waals surface area contributed by atoms with Crippen LogP contribution < -0.4 is 5.32 Å². The predicted octanol–water partition coefficient (Wildman–Crippen LogP) is 2.94. The smallest absolute Gasteiger partial charge is 0.116 e. The molecule has 0 aromatic heterocycles. The molecule has 0 spiro atoms. The Hall–Kier alpha value is -1.41. The van der Waals surface area contributed by atoms with Gasteiger partial charge in [0.25, 0.3) is 0 Å². The number of rotatable bonds is 4. The van der Waals surface area contributed by atoms with E-state index in [0.717, 1.165) is 5.56 Å². The van der Waals surface area contributed by atoms with Crippen LogP contribution in [0.3, 0.4) is 0 Å². The van der Waals surface area contributed by atoms with E-state index in [1.165, 1.54) is 10.8 Å². The Bertz CT molecular complexity index is 467. The Morgan fingerprint density at radius 2 is 1.88 bits per heavy atom. The number of fused-ring (bicyclic) bond motifs is 1. The first-order chi connectivity index (χ1) is 7.79. The Morgan fingerprint density at radius 3 is 2.62 bits per heavy atom. The monoisotopic (exact) mass is 217 g/mol. The fraction of sp³-hybridized carbons (Fsp3) is 0.286. The van der Waals surface area contributed by atoms with Crippen LogP contribution in [-0.2, 0) is 6.42 Å². The summed E-state index contributed by atoms with van der Waals surface area (Å²) < 4.78 is 13.4. The second kappa shape index (κ2) is 5.08. The van der Waals surface area contributed by atoms with Crippen LogP contribution in [0.2, 0.25) is 0 Å². The van der Waals surface area contributed by atoms with Gasteiger partial charge in [0.15, 0.2) is 0 Å². The number of halogens is 1. The second-order valence-electron chi connectivity index (χ2n) is 4.04. The van der Waals surface area contributed by atoms with Gasteiger partial charge in [0.1, 0.15) is 6.17 Å². The zero-order chi connectivity index (χ0) is 11.4. The Kier molecular flexibility index (Phi) is 3.52. The topological polar surface area (TPSA) is 12.0 Å². The quantitative estimate of drug-likeness (QED) is 0.830. The molecule has 0 radical (unpaired) electrons. The van der Waals surface area contributed by atoms with Crippen LogP contribution in [0.25, 0.3) is 10.8 Å². The van der Waals surface area contributed by atoms with Gasteiger partial charge in [-0.25, -0.2) is 4.39 Å². The molecule has 0 aliphatic carbocycles. The molecule has 0 amide bonds. The van der Waals surface area contributed by atoms with Crippen LogP contribution >= 0.6 is 0 Å². The Labute approximate surface area is 95.3 Å². The highest BCUT2D eigenvalue weighted by Gasteiger charge is 2.06. The van der Waals surface area contributed by atoms with Crippen LogP contribution in [0, 0.1) is 0 Å². The molecule has 0 aliphatic heterocycles. The molecule has 0 saturated carbocycles. The van der Waals surface area contributed by atoms with Gasteiger partial charge >= 0.3 is 0 Å². The van der Waals surface area contributed by atoms with Crippen molar-refractivity contribution in [1.82, 2.24) is 5.32 Å². The van der Waals surface area contributed by atoms with Gasteiger partial charge in [0.05, 0.1) is 0 Å². The normalized spacial score (nSPS) is 12.9. The summed E-state index contributed by atoms with van der Waals surface area (Å²) in [6, 6.07) is 14.3. The first-order valence-corrected chi connectivity index (χ1v) is 5.56. The molecule has 2 heteroatoms. The van der Waals surface area contributed by atoms with E-state index in [0.29, 0.717) is 13.0 Å². The summed E-state index contributed by atoms with van der Waals surface area (Å²) in [7, 11) is 1.77. The standard InChI is InChI=1S/C14H16FN/c1-16-10-14(15)9-11-6-7-12-4-2-3-5-13(12)8-11/h2-8,14,16H,9-10H2,1H3. The molecule has 0 heterocycles. The van der Waals surface area contributed by atoms with Gasteiger partial charge in [0, 0.05) is 13.0 Å².